The molecule has 1 fully saturated rings. The van der Waals surface area contributed by atoms with Gasteiger partial charge in [0.05, 0.1) is 18.3 Å². The molecule has 6 nitrogen and oxygen atoms in total. The Kier molecular flexibility index (Phi) is 5.03. The van der Waals surface area contributed by atoms with Gasteiger partial charge in [-0.2, -0.15) is 0 Å². The van der Waals surface area contributed by atoms with Crippen LogP contribution in [0.5, 0.6) is 0 Å². The van der Waals surface area contributed by atoms with E-state index in [0.29, 0.717) is 6.54 Å². The SMILES string of the molecule is CNCC(=O)N1CCC[C@H]1c1nccc(CN(C)C)n1. The van der Waals surface area contributed by atoms with E-state index < -0.39 is 0 Å². The Hall–Kier alpha value is -1.53. The average Bonchev–Trinajstić information content (AvgIpc) is 2.87. The van der Waals surface area contributed by atoms with Gasteiger partial charge >= 0.3 is 0 Å². The highest BCUT2D eigenvalue weighted by molar-refractivity contribution is 5.78. The summed E-state index contributed by atoms with van der Waals surface area (Å²) in [6.07, 6.45) is 3.75. The third-order valence-corrected chi connectivity index (χ3v) is 3.41. The van der Waals surface area contributed by atoms with E-state index in [4.69, 9.17) is 0 Å². The maximum absolute atomic E-state index is 12.1. The molecular formula is C14H23N5O. The Balaban J connectivity index is 2.15. The lowest BCUT2D eigenvalue weighted by atomic mass is 10.2. The van der Waals surface area contributed by atoms with Gasteiger partial charge in [-0.15, -0.1) is 0 Å². The molecule has 0 unspecified atom stereocenters. The van der Waals surface area contributed by atoms with E-state index >= 15 is 0 Å². The zero-order chi connectivity index (χ0) is 14.5. The van der Waals surface area contributed by atoms with Crippen molar-refractivity contribution in [1.82, 2.24) is 25.1 Å². The number of nitrogens with zero attached hydrogens (tertiary/aromatic N) is 4. The summed E-state index contributed by atoms with van der Waals surface area (Å²) >= 11 is 0. The third-order valence-electron chi connectivity index (χ3n) is 3.41. The summed E-state index contributed by atoms with van der Waals surface area (Å²) < 4.78 is 0. The van der Waals surface area contributed by atoms with Crippen LogP contribution in [0.15, 0.2) is 12.3 Å². The monoisotopic (exact) mass is 277 g/mol. The van der Waals surface area contributed by atoms with Crippen molar-refractivity contribution in [3.05, 3.63) is 23.8 Å². The minimum absolute atomic E-state index is 0.0259. The van der Waals surface area contributed by atoms with E-state index in [1.807, 2.05) is 25.1 Å². The van der Waals surface area contributed by atoms with E-state index in [1.165, 1.54) is 0 Å². The Morgan fingerprint density at radius 1 is 1.55 bits per heavy atom. The van der Waals surface area contributed by atoms with E-state index in [1.54, 1.807) is 13.2 Å². The number of likely N-dealkylation sites (N-methyl/N-ethyl adjacent to an activating group) is 1. The van der Waals surface area contributed by atoms with Crippen molar-refractivity contribution < 1.29 is 4.79 Å². The highest BCUT2D eigenvalue weighted by atomic mass is 16.2. The number of hydrogen-bond acceptors (Lipinski definition) is 5. The molecule has 0 aliphatic carbocycles. The Morgan fingerprint density at radius 3 is 3.05 bits per heavy atom. The smallest absolute Gasteiger partial charge is 0.237 e. The molecule has 6 heteroatoms. The summed E-state index contributed by atoms with van der Waals surface area (Å²) in [6, 6.07) is 1.95. The topological polar surface area (TPSA) is 61.4 Å². The summed E-state index contributed by atoms with van der Waals surface area (Å²) in [6.45, 7) is 1.95. The summed E-state index contributed by atoms with van der Waals surface area (Å²) in [5.74, 6) is 0.892. The molecule has 2 rings (SSSR count). The molecule has 2 heterocycles. The molecule has 1 amide bonds. The summed E-state index contributed by atoms with van der Waals surface area (Å²) in [4.78, 5) is 25.1. The first-order valence-electron chi connectivity index (χ1n) is 7.02. The third kappa shape index (κ3) is 3.52. The van der Waals surface area contributed by atoms with Crippen LogP contribution < -0.4 is 5.32 Å². The molecule has 110 valence electrons. The Bertz CT molecular complexity index is 463. The van der Waals surface area contributed by atoms with Gasteiger partial charge < -0.3 is 15.1 Å². The Morgan fingerprint density at radius 2 is 2.35 bits per heavy atom. The van der Waals surface area contributed by atoms with Gasteiger partial charge in [-0.25, -0.2) is 9.97 Å². The number of hydrogen-bond donors (Lipinski definition) is 1. The second-order valence-electron chi connectivity index (χ2n) is 5.42. The van der Waals surface area contributed by atoms with Gasteiger partial charge in [-0.05, 0) is 40.1 Å². The van der Waals surface area contributed by atoms with Crippen LogP contribution in [-0.4, -0.2) is 59.9 Å². The predicted molar refractivity (Wildman–Crippen MR) is 77.0 cm³/mol. The van der Waals surface area contributed by atoms with Crippen molar-refractivity contribution in [1.29, 1.82) is 0 Å². The van der Waals surface area contributed by atoms with Gasteiger partial charge in [-0.1, -0.05) is 0 Å². The number of rotatable bonds is 5. The minimum atomic E-state index is 0.0259. The van der Waals surface area contributed by atoms with Gasteiger partial charge in [0.25, 0.3) is 0 Å². The molecule has 1 aromatic rings. The van der Waals surface area contributed by atoms with Crippen LogP contribution in [0.3, 0.4) is 0 Å². The van der Waals surface area contributed by atoms with Crippen LogP contribution in [0.1, 0.15) is 30.4 Å². The zero-order valence-electron chi connectivity index (χ0n) is 12.5. The second-order valence-corrected chi connectivity index (χ2v) is 5.42. The largest absolute Gasteiger partial charge is 0.331 e. The maximum Gasteiger partial charge on any atom is 0.237 e. The fourth-order valence-corrected chi connectivity index (χ4v) is 2.57. The van der Waals surface area contributed by atoms with Crippen LogP contribution in [0.2, 0.25) is 0 Å². The van der Waals surface area contributed by atoms with Crippen LogP contribution >= 0.6 is 0 Å². The molecule has 1 saturated heterocycles. The van der Waals surface area contributed by atoms with Crippen molar-refractivity contribution in [2.24, 2.45) is 0 Å². The van der Waals surface area contributed by atoms with E-state index in [0.717, 1.165) is 37.4 Å². The first-order chi connectivity index (χ1) is 9.61. The summed E-state index contributed by atoms with van der Waals surface area (Å²) in [5, 5.41) is 2.92. The number of nitrogens with one attached hydrogen (secondary N) is 1. The molecule has 0 saturated carbocycles. The molecule has 20 heavy (non-hydrogen) atoms. The molecule has 1 aromatic heterocycles. The molecule has 0 radical (unpaired) electrons. The molecule has 0 spiro atoms. The van der Waals surface area contributed by atoms with E-state index in [9.17, 15) is 4.79 Å². The van der Waals surface area contributed by atoms with Crippen LogP contribution in [0.4, 0.5) is 0 Å². The van der Waals surface area contributed by atoms with E-state index in [2.05, 4.69) is 20.2 Å². The lowest BCUT2D eigenvalue weighted by Gasteiger charge is -2.24. The average molecular weight is 277 g/mol. The van der Waals surface area contributed by atoms with Crippen LogP contribution in [-0.2, 0) is 11.3 Å². The van der Waals surface area contributed by atoms with Gasteiger partial charge in [-0.3, -0.25) is 4.79 Å². The lowest BCUT2D eigenvalue weighted by molar-refractivity contribution is -0.131. The van der Waals surface area contributed by atoms with Crippen molar-refractivity contribution in [3.63, 3.8) is 0 Å². The van der Waals surface area contributed by atoms with Crippen LogP contribution in [0.25, 0.3) is 0 Å². The van der Waals surface area contributed by atoms with Gasteiger partial charge in [0.2, 0.25) is 5.91 Å². The number of amides is 1. The number of carbonyl (C=O) groups is 1. The molecular weight excluding hydrogens is 254 g/mol. The van der Waals surface area contributed by atoms with Gasteiger partial charge in [0, 0.05) is 19.3 Å². The number of carbonyl (C=O) groups excluding carboxylic acids is 1. The molecule has 1 N–H and O–H groups in total. The maximum atomic E-state index is 12.1. The molecule has 0 aromatic carbocycles. The van der Waals surface area contributed by atoms with Crippen molar-refractivity contribution in [2.75, 3.05) is 34.2 Å². The highest BCUT2D eigenvalue weighted by Crippen LogP contribution is 2.29. The number of likely N-dealkylation sites (tertiary alicyclic amines) is 1. The van der Waals surface area contributed by atoms with E-state index in [-0.39, 0.29) is 11.9 Å². The van der Waals surface area contributed by atoms with Gasteiger partial charge in [0.1, 0.15) is 0 Å². The summed E-state index contributed by atoms with van der Waals surface area (Å²) in [7, 11) is 5.82. The fourth-order valence-electron chi connectivity index (χ4n) is 2.57. The molecule has 1 aliphatic rings. The first-order valence-corrected chi connectivity index (χ1v) is 7.02. The molecule has 1 aliphatic heterocycles. The summed E-state index contributed by atoms with van der Waals surface area (Å²) in [5.41, 5.74) is 0.993. The second kappa shape index (κ2) is 6.76. The van der Waals surface area contributed by atoms with Gasteiger partial charge in [0.15, 0.2) is 5.82 Å². The number of aromatic nitrogens is 2. The lowest BCUT2D eigenvalue weighted by Crippen LogP contribution is -2.37. The Labute approximate surface area is 120 Å². The van der Waals surface area contributed by atoms with Crippen LogP contribution in [0, 0.1) is 0 Å². The van der Waals surface area contributed by atoms with Crippen molar-refractivity contribution in [3.8, 4) is 0 Å². The molecule has 0 bridgehead atoms. The minimum Gasteiger partial charge on any atom is -0.331 e. The first kappa shape index (κ1) is 14.9. The quantitative estimate of drug-likeness (QED) is 0.845. The molecule has 1 atom stereocenters. The standard InChI is InChI=1S/C14H23N5O/c1-15-9-13(20)19-8-4-5-12(19)14-16-7-6-11(17-14)10-18(2)3/h6-7,12,15H,4-5,8-10H2,1-3H3/t12-/m0/s1. The van der Waals surface area contributed by atoms with Crippen molar-refractivity contribution in [2.45, 2.75) is 25.4 Å². The predicted octanol–water partition coefficient (Wildman–Crippen LogP) is 0.421. The fraction of sp³-hybridized carbons (Fsp3) is 0.643. The highest BCUT2D eigenvalue weighted by Gasteiger charge is 2.31. The zero-order valence-corrected chi connectivity index (χ0v) is 12.5. The normalized spacial score (nSPS) is 18.8. The van der Waals surface area contributed by atoms with Crippen molar-refractivity contribution >= 4 is 5.91 Å².